The highest BCUT2D eigenvalue weighted by molar-refractivity contribution is 5.96. The van der Waals surface area contributed by atoms with E-state index in [1.165, 1.54) is 6.07 Å². The monoisotopic (exact) mass is 280 g/mol. The molecule has 1 N–H and O–H groups in total. The number of benzene rings is 2. The van der Waals surface area contributed by atoms with Gasteiger partial charge >= 0.3 is 0 Å². The maximum atomic E-state index is 13.8. The second-order valence-corrected chi connectivity index (χ2v) is 5.14. The van der Waals surface area contributed by atoms with Crippen LogP contribution in [0.1, 0.15) is 18.5 Å². The molecule has 106 valence electrons. The molecule has 3 heteroatoms. The summed E-state index contributed by atoms with van der Waals surface area (Å²) in [5.41, 5.74) is 3.04. The summed E-state index contributed by atoms with van der Waals surface area (Å²) in [6, 6.07) is 13.1. The minimum absolute atomic E-state index is 0.151. The molecular weight excluding hydrogens is 263 g/mol. The second kappa shape index (κ2) is 5.62. The molecule has 0 bridgehead atoms. The molecule has 0 aliphatic heterocycles. The first-order valence-corrected chi connectivity index (χ1v) is 7.00. The Hall–Kier alpha value is -2.26. The van der Waals surface area contributed by atoms with Crippen molar-refractivity contribution >= 4 is 10.8 Å². The fourth-order valence-electron chi connectivity index (χ4n) is 2.65. The maximum Gasteiger partial charge on any atom is 0.123 e. The van der Waals surface area contributed by atoms with E-state index in [4.69, 9.17) is 0 Å². The summed E-state index contributed by atoms with van der Waals surface area (Å²) < 4.78 is 13.8. The van der Waals surface area contributed by atoms with Gasteiger partial charge in [-0.05, 0) is 54.2 Å². The van der Waals surface area contributed by atoms with Crippen molar-refractivity contribution < 1.29 is 4.39 Å². The summed E-state index contributed by atoms with van der Waals surface area (Å²) in [4.78, 5) is 4.15. The third kappa shape index (κ3) is 2.52. The number of nitrogens with zero attached hydrogens (tertiary/aromatic N) is 1. The van der Waals surface area contributed by atoms with E-state index in [0.717, 1.165) is 27.5 Å². The summed E-state index contributed by atoms with van der Waals surface area (Å²) in [6.45, 7) is 2.07. The number of rotatable bonds is 3. The Morgan fingerprint density at radius 3 is 2.76 bits per heavy atom. The van der Waals surface area contributed by atoms with Gasteiger partial charge in [0, 0.05) is 23.8 Å². The van der Waals surface area contributed by atoms with Crippen LogP contribution >= 0.6 is 0 Å². The van der Waals surface area contributed by atoms with Gasteiger partial charge in [-0.1, -0.05) is 24.3 Å². The summed E-state index contributed by atoms with van der Waals surface area (Å²) in [7, 11) is 1.91. The highest BCUT2D eigenvalue weighted by atomic mass is 19.1. The molecule has 2 nitrogen and oxygen atoms in total. The van der Waals surface area contributed by atoms with Gasteiger partial charge in [-0.25, -0.2) is 4.39 Å². The molecule has 3 aromatic rings. The van der Waals surface area contributed by atoms with Gasteiger partial charge in [-0.2, -0.15) is 0 Å². The van der Waals surface area contributed by atoms with Crippen LogP contribution in [0.4, 0.5) is 4.39 Å². The van der Waals surface area contributed by atoms with Gasteiger partial charge in [-0.15, -0.1) is 0 Å². The first kappa shape index (κ1) is 13.7. The van der Waals surface area contributed by atoms with Gasteiger partial charge in [0.2, 0.25) is 0 Å². The van der Waals surface area contributed by atoms with Crippen LogP contribution in [0.3, 0.4) is 0 Å². The Bertz CT molecular complexity index is 778. The minimum Gasteiger partial charge on any atom is -0.313 e. The van der Waals surface area contributed by atoms with Crippen molar-refractivity contribution in [2.24, 2.45) is 0 Å². The van der Waals surface area contributed by atoms with Crippen LogP contribution in [0.5, 0.6) is 0 Å². The Kier molecular flexibility index (Phi) is 3.67. The predicted molar refractivity (Wildman–Crippen MR) is 84.6 cm³/mol. The van der Waals surface area contributed by atoms with Crippen LogP contribution in [0.2, 0.25) is 0 Å². The van der Waals surface area contributed by atoms with E-state index in [2.05, 4.69) is 17.2 Å². The number of hydrogen-bond donors (Lipinski definition) is 1. The fourth-order valence-corrected chi connectivity index (χ4v) is 2.65. The van der Waals surface area contributed by atoms with Crippen molar-refractivity contribution in [3.63, 3.8) is 0 Å². The standard InChI is InChI=1S/C18H17FN2/c1-12(20-2)15-7-6-14(19)10-18(15)17-5-3-4-13-11-21-9-8-16(13)17/h3-12,20H,1-2H3. The maximum absolute atomic E-state index is 13.8. The highest BCUT2D eigenvalue weighted by Crippen LogP contribution is 2.33. The molecule has 0 aliphatic carbocycles. The van der Waals surface area contributed by atoms with Gasteiger partial charge in [-0.3, -0.25) is 4.98 Å². The SMILES string of the molecule is CNC(C)c1ccc(F)cc1-c1cccc2cnccc12. The number of pyridine rings is 1. The number of hydrogen-bond acceptors (Lipinski definition) is 2. The van der Waals surface area contributed by atoms with E-state index < -0.39 is 0 Å². The summed E-state index contributed by atoms with van der Waals surface area (Å²) in [5.74, 6) is -0.219. The molecule has 0 amide bonds. The molecule has 2 aromatic carbocycles. The van der Waals surface area contributed by atoms with Gasteiger partial charge in [0.25, 0.3) is 0 Å². The molecule has 1 unspecified atom stereocenters. The van der Waals surface area contributed by atoms with E-state index in [0.29, 0.717) is 0 Å². The van der Waals surface area contributed by atoms with Gasteiger partial charge in [0.15, 0.2) is 0 Å². The normalized spacial score (nSPS) is 12.5. The lowest BCUT2D eigenvalue weighted by Gasteiger charge is -2.17. The molecule has 0 saturated carbocycles. The molecule has 1 atom stereocenters. The van der Waals surface area contributed by atoms with Crippen molar-refractivity contribution in [2.45, 2.75) is 13.0 Å². The van der Waals surface area contributed by atoms with Crippen LogP contribution in [0.25, 0.3) is 21.9 Å². The van der Waals surface area contributed by atoms with E-state index in [-0.39, 0.29) is 11.9 Å². The molecule has 0 spiro atoms. The topological polar surface area (TPSA) is 24.9 Å². The molecule has 1 aromatic heterocycles. The lowest BCUT2D eigenvalue weighted by atomic mass is 9.92. The van der Waals surface area contributed by atoms with Crippen LogP contribution < -0.4 is 5.32 Å². The lowest BCUT2D eigenvalue weighted by Crippen LogP contribution is -2.13. The zero-order valence-corrected chi connectivity index (χ0v) is 12.1. The summed E-state index contributed by atoms with van der Waals surface area (Å²) in [5, 5.41) is 5.37. The Labute approximate surface area is 123 Å². The van der Waals surface area contributed by atoms with E-state index >= 15 is 0 Å². The molecular formula is C18H17FN2. The zero-order valence-electron chi connectivity index (χ0n) is 12.1. The Morgan fingerprint density at radius 1 is 1.10 bits per heavy atom. The number of nitrogens with one attached hydrogen (secondary N) is 1. The number of aromatic nitrogens is 1. The minimum atomic E-state index is -0.219. The molecule has 0 radical (unpaired) electrons. The van der Waals surface area contributed by atoms with E-state index in [9.17, 15) is 4.39 Å². The van der Waals surface area contributed by atoms with Gasteiger partial charge < -0.3 is 5.32 Å². The Balaban J connectivity index is 2.30. The van der Waals surface area contributed by atoms with Crippen LogP contribution in [-0.4, -0.2) is 12.0 Å². The predicted octanol–water partition coefficient (Wildman–Crippen LogP) is 4.32. The van der Waals surface area contributed by atoms with Crippen LogP contribution in [-0.2, 0) is 0 Å². The molecule has 0 aliphatic rings. The third-order valence-corrected chi connectivity index (χ3v) is 3.89. The molecule has 0 fully saturated rings. The molecule has 0 saturated heterocycles. The summed E-state index contributed by atoms with van der Waals surface area (Å²) in [6.07, 6.45) is 3.60. The second-order valence-electron chi connectivity index (χ2n) is 5.14. The van der Waals surface area contributed by atoms with Gasteiger partial charge in [0.1, 0.15) is 5.82 Å². The smallest absolute Gasteiger partial charge is 0.123 e. The first-order valence-electron chi connectivity index (χ1n) is 7.00. The quantitative estimate of drug-likeness (QED) is 0.772. The van der Waals surface area contributed by atoms with Gasteiger partial charge in [0.05, 0.1) is 0 Å². The third-order valence-electron chi connectivity index (χ3n) is 3.89. The van der Waals surface area contributed by atoms with Crippen molar-refractivity contribution in [1.82, 2.24) is 10.3 Å². The van der Waals surface area contributed by atoms with E-state index in [1.54, 1.807) is 12.3 Å². The zero-order chi connectivity index (χ0) is 14.8. The average Bonchev–Trinajstić information content (AvgIpc) is 2.53. The fraction of sp³-hybridized carbons (Fsp3) is 0.167. The molecule has 1 heterocycles. The van der Waals surface area contributed by atoms with E-state index in [1.807, 2.05) is 43.6 Å². The van der Waals surface area contributed by atoms with Crippen molar-refractivity contribution in [3.05, 3.63) is 66.2 Å². The lowest BCUT2D eigenvalue weighted by molar-refractivity contribution is 0.620. The van der Waals surface area contributed by atoms with Crippen LogP contribution in [0, 0.1) is 5.82 Å². The van der Waals surface area contributed by atoms with Crippen LogP contribution in [0.15, 0.2) is 54.9 Å². The largest absolute Gasteiger partial charge is 0.313 e. The number of fused-ring (bicyclic) bond motifs is 1. The van der Waals surface area contributed by atoms with Crippen molar-refractivity contribution in [2.75, 3.05) is 7.05 Å². The highest BCUT2D eigenvalue weighted by Gasteiger charge is 2.13. The van der Waals surface area contributed by atoms with Crippen molar-refractivity contribution in [3.8, 4) is 11.1 Å². The average molecular weight is 280 g/mol. The number of halogens is 1. The summed E-state index contributed by atoms with van der Waals surface area (Å²) >= 11 is 0. The van der Waals surface area contributed by atoms with Crippen molar-refractivity contribution in [1.29, 1.82) is 0 Å². The Morgan fingerprint density at radius 2 is 1.95 bits per heavy atom. The first-order chi connectivity index (χ1) is 10.2. The molecule has 21 heavy (non-hydrogen) atoms. The molecule has 3 rings (SSSR count).